The van der Waals surface area contributed by atoms with Crippen LogP contribution in [0.15, 0.2) is 112 Å². The molecule has 0 fully saturated rings. The minimum atomic E-state index is -1.66. The summed E-state index contributed by atoms with van der Waals surface area (Å²) in [7, 11) is 4.30. The number of aromatic amines is 1. The van der Waals surface area contributed by atoms with E-state index in [9.17, 15) is 29.7 Å². The Balaban J connectivity index is 1.24. The second-order valence-corrected chi connectivity index (χ2v) is 11.4. The molecule has 51 heavy (non-hydrogen) atoms. The summed E-state index contributed by atoms with van der Waals surface area (Å²) >= 11 is 0. The largest absolute Gasteiger partial charge is 0.496 e. The van der Waals surface area contributed by atoms with Crippen molar-refractivity contribution in [2.75, 3.05) is 21.3 Å². The van der Waals surface area contributed by atoms with Gasteiger partial charge in [0.15, 0.2) is 17.6 Å². The third-order valence-corrected chi connectivity index (χ3v) is 8.45. The van der Waals surface area contributed by atoms with Crippen molar-refractivity contribution in [1.82, 2.24) is 4.98 Å². The molecule has 3 heterocycles. The maximum Gasteiger partial charge on any atom is 0.234 e. The molecular formula is C39H33NO11. The number of hydrogen-bond donors (Lipinski definition) is 4. The van der Waals surface area contributed by atoms with Gasteiger partial charge < -0.3 is 43.3 Å². The Labute approximate surface area is 291 Å². The molecule has 0 aliphatic rings. The molecule has 0 aliphatic carbocycles. The van der Waals surface area contributed by atoms with Crippen molar-refractivity contribution >= 4 is 17.3 Å². The fraction of sp³-hybridized carbons (Fsp3) is 0.154. The molecule has 6 aromatic rings. The number of aliphatic hydroxyl groups is 3. The molecule has 0 saturated carbocycles. The molecule has 3 atom stereocenters. The second kappa shape index (κ2) is 14.7. The predicted octanol–water partition coefficient (Wildman–Crippen LogP) is 6.31. The summed E-state index contributed by atoms with van der Waals surface area (Å²) in [6.45, 7) is 0. The van der Waals surface area contributed by atoms with Gasteiger partial charge in [-0.3, -0.25) is 14.4 Å². The molecule has 3 aromatic carbocycles. The van der Waals surface area contributed by atoms with E-state index < -0.39 is 35.7 Å². The molecular weight excluding hydrogens is 658 g/mol. The number of aliphatic hydroxyl groups excluding tert-OH is 3. The Morgan fingerprint density at radius 2 is 1.39 bits per heavy atom. The first-order valence-corrected chi connectivity index (χ1v) is 15.6. The van der Waals surface area contributed by atoms with E-state index in [-0.39, 0.29) is 34.1 Å². The average molecular weight is 692 g/mol. The number of H-pyrrole nitrogens is 1. The van der Waals surface area contributed by atoms with E-state index in [2.05, 4.69) is 4.98 Å². The van der Waals surface area contributed by atoms with Crippen molar-refractivity contribution in [3.05, 3.63) is 137 Å². The van der Waals surface area contributed by atoms with E-state index in [1.165, 1.54) is 64.2 Å². The maximum absolute atomic E-state index is 13.6. The molecule has 3 aromatic heterocycles. The van der Waals surface area contributed by atoms with Crippen molar-refractivity contribution in [2.24, 2.45) is 0 Å². The number of benzene rings is 3. The number of ketones is 3. The normalized spacial score (nSPS) is 12.9. The summed E-state index contributed by atoms with van der Waals surface area (Å²) in [5.41, 5.74) is 2.52. The van der Waals surface area contributed by atoms with Crippen LogP contribution in [0.5, 0.6) is 17.2 Å². The summed E-state index contributed by atoms with van der Waals surface area (Å²) in [4.78, 5) is 42.6. The minimum Gasteiger partial charge on any atom is -0.496 e. The van der Waals surface area contributed by atoms with E-state index in [0.29, 0.717) is 39.4 Å². The molecule has 0 spiro atoms. The van der Waals surface area contributed by atoms with Crippen LogP contribution < -0.4 is 14.2 Å². The number of Topliss-reactive ketones (excluding diaryl/α,β-unsaturated/α-hetero) is 3. The monoisotopic (exact) mass is 691 g/mol. The number of nitrogens with one attached hydrogen (secondary N) is 1. The Morgan fingerprint density at radius 1 is 0.627 bits per heavy atom. The number of para-hydroxylation sites is 1. The molecule has 0 radical (unpaired) electrons. The number of rotatable bonds is 14. The van der Waals surface area contributed by atoms with E-state index in [1.807, 2.05) is 0 Å². The number of hydrogen-bond acceptors (Lipinski definition) is 11. The first kappa shape index (κ1) is 34.6. The Bertz CT molecular complexity index is 2190. The van der Waals surface area contributed by atoms with Gasteiger partial charge in [-0.15, -0.1) is 0 Å². The van der Waals surface area contributed by atoms with Gasteiger partial charge in [0.2, 0.25) is 11.6 Å². The van der Waals surface area contributed by atoms with Gasteiger partial charge in [0, 0.05) is 22.4 Å². The Morgan fingerprint density at radius 3 is 2.12 bits per heavy atom. The third kappa shape index (κ3) is 6.71. The average Bonchev–Trinajstić information content (AvgIpc) is 3.98. The zero-order valence-corrected chi connectivity index (χ0v) is 27.7. The van der Waals surface area contributed by atoms with Gasteiger partial charge >= 0.3 is 0 Å². The lowest BCUT2D eigenvalue weighted by molar-refractivity contribution is 0.0674. The van der Waals surface area contributed by atoms with E-state index >= 15 is 0 Å². The van der Waals surface area contributed by atoms with E-state index in [0.717, 1.165) is 0 Å². The lowest BCUT2D eigenvalue weighted by Gasteiger charge is -2.17. The Kier molecular flexibility index (Phi) is 10.0. The van der Waals surface area contributed by atoms with Crippen LogP contribution in [0, 0.1) is 0 Å². The predicted molar refractivity (Wildman–Crippen MR) is 183 cm³/mol. The molecule has 12 heteroatoms. The maximum atomic E-state index is 13.6. The van der Waals surface area contributed by atoms with Gasteiger partial charge in [-0.2, -0.15) is 0 Å². The molecule has 3 unspecified atom stereocenters. The highest BCUT2D eigenvalue weighted by Crippen LogP contribution is 2.38. The SMILES string of the molecule is COc1ccc(-c2ccc(C(O)C(=O)c3ccc(-c4ccoc4C(O)C(=O)c4ccco4)[nH]3)cc2OC)cc1C(=O)C(O)c1ccccc1OC. The molecule has 12 nitrogen and oxygen atoms in total. The Hall–Kier alpha value is -6.21. The molecule has 4 N–H and O–H groups in total. The van der Waals surface area contributed by atoms with Crippen LogP contribution in [-0.4, -0.2) is 59.0 Å². The highest BCUT2D eigenvalue weighted by molar-refractivity contribution is 6.04. The van der Waals surface area contributed by atoms with Crippen LogP contribution in [-0.2, 0) is 0 Å². The highest BCUT2D eigenvalue weighted by atomic mass is 16.5. The summed E-state index contributed by atoms with van der Waals surface area (Å²) in [5.74, 6) is -1.14. The number of aromatic nitrogens is 1. The molecule has 0 saturated heterocycles. The van der Waals surface area contributed by atoms with Crippen molar-refractivity contribution in [3.63, 3.8) is 0 Å². The third-order valence-electron chi connectivity index (χ3n) is 8.45. The van der Waals surface area contributed by atoms with Crippen LogP contribution in [0.25, 0.3) is 22.4 Å². The van der Waals surface area contributed by atoms with E-state index in [4.69, 9.17) is 23.0 Å². The summed E-state index contributed by atoms with van der Waals surface area (Å²) in [5, 5.41) is 32.9. The molecule has 6 rings (SSSR count). The lowest BCUT2D eigenvalue weighted by Crippen LogP contribution is -2.14. The first-order chi connectivity index (χ1) is 24.7. The van der Waals surface area contributed by atoms with Crippen LogP contribution in [0.2, 0.25) is 0 Å². The summed E-state index contributed by atoms with van der Waals surface area (Å²) < 4.78 is 26.9. The van der Waals surface area contributed by atoms with Gasteiger partial charge in [-0.1, -0.05) is 36.4 Å². The van der Waals surface area contributed by atoms with Crippen molar-refractivity contribution in [1.29, 1.82) is 0 Å². The van der Waals surface area contributed by atoms with Crippen LogP contribution in [0.4, 0.5) is 0 Å². The fourth-order valence-corrected chi connectivity index (χ4v) is 5.79. The van der Waals surface area contributed by atoms with Gasteiger partial charge in [0.1, 0.15) is 35.2 Å². The van der Waals surface area contributed by atoms with Crippen LogP contribution in [0.3, 0.4) is 0 Å². The van der Waals surface area contributed by atoms with Gasteiger partial charge in [0.25, 0.3) is 0 Å². The van der Waals surface area contributed by atoms with Crippen LogP contribution >= 0.6 is 0 Å². The van der Waals surface area contributed by atoms with Gasteiger partial charge in [-0.05, 0) is 65.7 Å². The number of carbonyl (C=O) groups is 3. The number of carbonyl (C=O) groups excluding carboxylic acids is 3. The quantitative estimate of drug-likeness (QED) is 0.0940. The van der Waals surface area contributed by atoms with Gasteiger partial charge in [0.05, 0.1) is 45.1 Å². The van der Waals surface area contributed by atoms with E-state index in [1.54, 1.807) is 60.7 Å². The topological polar surface area (TPSA) is 182 Å². The molecule has 0 bridgehead atoms. The molecule has 0 amide bonds. The first-order valence-electron chi connectivity index (χ1n) is 15.6. The smallest absolute Gasteiger partial charge is 0.234 e. The van der Waals surface area contributed by atoms with Crippen molar-refractivity contribution < 1.29 is 52.7 Å². The van der Waals surface area contributed by atoms with Crippen LogP contribution in [0.1, 0.15) is 66.6 Å². The number of ether oxygens (including phenoxy) is 3. The van der Waals surface area contributed by atoms with Crippen molar-refractivity contribution in [3.8, 4) is 39.6 Å². The highest BCUT2D eigenvalue weighted by Gasteiger charge is 2.30. The van der Waals surface area contributed by atoms with Crippen molar-refractivity contribution in [2.45, 2.75) is 18.3 Å². The molecule has 0 aliphatic heterocycles. The van der Waals surface area contributed by atoms with Gasteiger partial charge in [-0.25, -0.2) is 0 Å². The zero-order valence-electron chi connectivity index (χ0n) is 27.7. The number of furan rings is 2. The standard InChI is InChI=1S/C39H33NO11/c1-47-29-8-5-4-7-25(29)34(42)35(43)26-19-21(11-15-30(26)48-2)23-12-10-22(20-32(23)49-3)33(41)36(44)28-14-13-27(40-28)24-16-18-51-39(24)38(46)37(45)31-9-6-17-50-31/h4-20,33-34,38,40-42,46H,1-3H3. The fourth-order valence-electron chi connectivity index (χ4n) is 5.79. The summed E-state index contributed by atoms with van der Waals surface area (Å²) in [6.07, 6.45) is -2.16. The lowest BCUT2D eigenvalue weighted by atomic mass is 9.93. The summed E-state index contributed by atoms with van der Waals surface area (Å²) in [6, 6.07) is 23.8. The number of methoxy groups -OCH3 is 3. The zero-order chi connectivity index (χ0) is 36.2. The molecule has 260 valence electrons. The second-order valence-electron chi connectivity index (χ2n) is 11.4. The minimum absolute atomic E-state index is 0.0411.